The minimum absolute atomic E-state index is 0.241. The van der Waals surface area contributed by atoms with E-state index in [1.54, 1.807) is 24.3 Å². The van der Waals surface area contributed by atoms with Gasteiger partial charge in [0, 0.05) is 43.4 Å². The number of β-amino-alcohol motifs (C(OH)–C–C–N with tert-alkyl or cyclic N) is 1. The second-order valence-corrected chi connectivity index (χ2v) is 7.90. The van der Waals surface area contributed by atoms with Gasteiger partial charge in [-0.25, -0.2) is 4.98 Å². The normalized spacial score (nSPS) is 16.7. The summed E-state index contributed by atoms with van der Waals surface area (Å²) in [5.41, 5.74) is 0.911. The van der Waals surface area contributed by atoms with E-state index in [0.717, 1.165) is 52.0 Å². The highest BCUT2D eigenvalue weighted by Crippen LogP contribution is 2.15. The van der Waals surface area contributed by atoms with Gasteiger partial charge in [-0.15, -0.1) is 0 Å². The van der Waals surface area contributed by atoms with Gasteiger partial charge in [-0.2, -0.15) is 0 Å². The quantitative estimate of drug-likeness (QED) is 0.648. The van der Waals surface area contributed by atoms with Crippen LogP contribution in [0.2, 0.25) is 5.02 Å². The molecule has 1 amide bonds. The molecule has 0 bridgehead atoms. The number of aliphatic hydroxyl groups is 1. The Balaban J connectivity index is 1.43. The number of anilines is 1. The predicted molar refractivity (Wildman–Crippen MR) is 113 cm³/mol. The lowest BCUT2D eigenvalue weighted by Gasteiger charge is -2.35. The van der Waals surface area contributed by atoms with E-state index in [2.05, 4.69) is 27.0 Å². The van der Waals surface area contributed by atoms with Crippen LogP contribution in [0.5, 0.6) is 0 Å². The van der Waals surface area contributed by atoms with Crippen molar-refractivity contribution in [3.63, 3.8) is 0 Å². The highest BCUT2D eigenvalue weighted by Gasteiger charge is 2.21. The van der Waals surface area contributed by atoms with Crippen LogP contribution in [0, 0.1) is 0 Å². The molecule has 158 valence electrons. The molecule has 0 radical (unpaired) electrons. The number of rotatable bonds is 9. The minimum atomic E-state index is -0.312. The van der Waals surface area contributed by atoms with Crippen LogP contribution in [0.1, 0.15) is 42.6 Å². The number of amides is 1. The van der Waals surface area contributed by atoms with Crippen LogP contribution in [0.3, 0.4) is 0 Å². The molecule has 1 atom stereocenters. The van der Waals surface area contributed by atoms with Crippen molar-refractivity contribution >= 4 is 23.2 Å². The zero-order valence-electron chi connectivity index (χ0n) is 16.8. The summed E-state index contributed by atoms with van der Waals surface area (Å²) >= 11 is 5.85. The van der Waals surface area contributed by atoms with Crippen molar-refractivity contribution in [2.75, 3.05) is 38.0 Å². The molecule has 3 rings (SSSR count). The number of benzene rings is 1. The van der Waals surface area contributed by atoms with E-state index in [0.29, 0.717) is 23.1 Å². The van der Waals surface area contributed by atoms with Gasteiger partial charge in [0.2, 0.25) is 5.89 Å². The molecule has 0 saturated carbocycles. The second-order valence-electron chi connectivity index (χ2n) is 7.46. The number of hydrogen-bond acceptors (Lipinski definition) is 6. The van der Waals surface area contributed by atoms with Gasteiger partial charge in [0.15, 0.2) is 5.69 Å². The molecule has 7 nitrogen and oxygen atoms in total. The topological polar surface area (TPSA) is 81.8 Å². The van der Waals surface area contributed by atoms with E-state index < -0.39 is 0 Å². The Bertz CT molecular complexity index is 772. The molecule has 1 aromatic carbocycles. The number of nitrogens with zero attached hydrogens (tertiary/aromatic N) is 3. The Kier molecular flexibility index (Phi) is 8.06. The predicted octanol–water partition coefficient (Wildman–Crippen LogP) is 3.25. The molecule has 1 fully saturated rings. The number of aromatic nitrogens is 1. The maximum absolute atomic E-state index is 12.3. The van der Waals surface area contributed by atoms with Crippen LogP contribution in [0.15, 0.2) is 34.9 Å². The van der Waals surface area contributed by atoms with E-state index in [9.17, 15) is 9.90 Å². The zero-order chi connectivity index (χ0) is 20.6. The molecule has 1 aliphatic rings. The van der Waals surface area contributed by atoms with Gasteiger partial charge < -0.3 is 14.8 Å². The molecule has 1 aliphatic heterocycles. The SMILES string of the molecule is CCCC[C@H](O)CN1CCN(Cc2nc(C(=O)Nc3ccc(Cl)cc3)co2)CC1. The Hall–Kier alpha value is -1.93. The Morgan fingerprint density at radius 3 is 2.62 bits per heavy atom. The Labute approximate surface area is 176 Å². The number of piperazine rings is 1. The summed E-state index contributed by atoms with van der Waals surface area (Å²) < 4.78 is 5.49. The van der Waals surface area contributed by atoms with Crippen LogP contribution in [0.25, 0.3) is 0 Å². The molecule has 0 spiro atoms. The summed E-state index contributed by atoms with van der Waals surface area (Å²) in [6.07, 6.45) is 4.20. The van der Waals surface area contributed by atoms with Crippen LogP contribution in [0.4, 0.5) is 5.69 Å². The van der Waals surface area contributed by atoms with Crippen molar-refractivity contribution in [3.05, 3.63) is 47.1 Å². The molecule has 29 heavy (non-hydrogen) atoms. The lowest BCUT2D eigenvalue weighted by atomic mass is 10.1. The van der Waals surface area contributed by atoms with Gasteiger partial charge in [-0.3, -0.25) is 14.6 Å². The standard InChI is InChI=1S/C21H29ClN4O3/c1-2-3-4-18(27)13-25-9-11-26(12-10-25)14-20-24-19(15-29-20)21(28)23-17-7-5-16(22)6-8-17/h5-8,15,18,27H,2-4,9-14H2,1H3,(H,23,28)/t18-/m0/s1. The number of hydrogen-bond donors (Lipinski definition) is 2. The van der Waals surface area contributed by atoms with Crippen molar-refractivity contribution in [1.29, 1.82) is 0 Å². The number of unbranched alkanes of at least 4 members (excludes halogenated alkanes) is 1. The Morgan fingerprint density at radius 2 is 1.93 bits per heavy atom. The smallest absolute Gasteiger partial charge is 0.277 e. The largest absolute Gasteiger partial charge is 0.447 e. The first-order valence-corrected chi connectivity index (χ1v) is 10.6. The first-order chi connectivity index (χ1) is 14.0. The van der Waals surface area contributed by atoms with Crippen molar-refractivity contribution in [1.82, 2.24) is 14.8 Å². The highest BCUT2D eigenvalue weighted by molar-refractivity contribution is 6.30. The zero-order valence-corrected chi connectivity index (χ0v) is 17.6. The fourth-order valence-electron chi connectivity index (χ4n) is 3.37. The van der Waals surface area contributed by atoms with Crippen LogP contribution in [-0.4, -0.2) is 64.6 Å². The first kappa shape index (κ1) is 21.8. The number of carbonyl (C=O) groups is 1. The summed E-state index contributed by atoms with van der Waals surface area (Å²) in [5.74, 6) is 0.218. The third-order valence-corrected chi connectivity index (χ3v) is 5.32. The first-order valence-electron chi connectivity index (χ1n) is 10.2. The third kappa shape index (κ3) is 6.82. The number of halogens is 1. The number of nitrogens with one attached hydrogen (secondary N) is 1. The fourth-order valence-corrected chi connectivity index (χ4v) is 3.49. The molecule has 2 heterocycles. The summed E-state index contributed by atoms with van der Waals surface area (Å²) in [6, 6.07) is 6.90. The lowest BCUT2D eigenvalue weighted by Crippen LogP contribution is -2.48. The van der Waals surface area contributed by atoms with Crippen molar-refractivity contribution in [2.45, 2.75) is 38.8 Å². The molecule has 2 aromatic rings. The van der Waals surface area contributed by atoms with Gasteiger partial charge in [0.25, 0.3) is 5.91 Å². The van der Waals surface area contributed by atoms with E-state index in [1.807, 2.05) is 0 Å². The van der Waals surface area contributed by atoms with E-state index in [-0.39, 0.29) is 17.7 Å². The summed E-state index contributed by atoms with van der Waals surface area (Å²) in [5, 5.41) is 13.5. The highest BCUT2D eigenvalue weighted by atomic mass is 35.5. The third-order valence-electron chi connectivity index (χ3n) is 5.07. The number of carbonyl (C=O) groups excluding carboxylic acids is 1. The molecule has 1 aromatic heterocycles. The van der Waals surface area contributed by atoms with E-state index in [1.165, 1.54) is 6.26 Å². The molecule has 0 unspecified atom stereocenters. The van der Waals surface area contributed by atoms with Gasteiger partial charge in [-0.1, -0.05) is 31.4 Å². The maximum Gasteiger partial charge on any atom is 0.277 e. The number of aliphatic hydroxyl groups excluding tert-OH is 1. The molecule has 0 aliphatic carbocycles. The summed E-state index contributed by atoms with van der Waals surface area (Å²) in [7, 11) is 0. The van der Waals surface area contributed by atoms with Gasteiger partial charge in [0.05, 0.1) is 12.6 Å². The minimum Gasteiger partial charge on any atom is -0.447 e. The monoisotopic (exact) mass is 420 g/mol. The van der Waals surface area contributed by atoms with Gasteiger partial charge in [0.1, 0.15) is 6.26 Å². The van der Waals surface area contributed by atoms with Crippen molar-refractivity contribution < 1.29 is 14.3 Å². The Morgan fingerprint density at radius 1 is 1.24 bits per heavy atom. The van der Waals surface area contributed by atoms with Crippen LogP contribution < -0.4 is 5.32 Å². The van der Waals surface area contributed by atoms with Crippen LogP contribution in [-0.2, 0) is 6.54 Å². The van der Waals surface area contributed by atoms with Gasteiger partial charge >= 0.3 is 0 Å². The molecule has 8 heteroatoms. The molecule has 1 saturated heterocycles. The van der Waals surface area contributed by atoms with Gasteiger partial charge in [-0.05, 0) is 30.7 Å². The van der Waals surface area contributed by atoms with E-state index in [4.69, 9.17) is 16.0 Å². The van der Waals surface area contributed by atoms with Crippen molar-refractivity contribution in [2.24, 2.45) is 0 Å². The molecule has 2 N–H and O–H groups in total. The molecular weight excluding hydrogens is 392 g/mol. The second kappa shape index (κ2) is 10.7. The fraction of sp³-hybridized carbons (Fsp3) is 0.524. The summed E-state index contributed by atoms with van der Waals surface area (Å²) in [6.45, 7) is 7.04. The summed E-state index contributed by atoms with van der Waals surface area (Å²) in [4.78, 5) is 21.2. The lowest BCUT2D eigenvalue weighted by molar-refractivity contribution is 0.0627. The average molecular weight is 421 g/mol. The van der Waals surface area contributed by atoms with Crippen molar-refractivity contribution in [3.8, 4) is 0 Å². The van der Waals surface area contributed by atoms with E-state index >= 15 is 0 Å². The van der Waals surface area contributed by atoms with Crippen LogP contribution >= 0.6 is 11.6 Å². The molecular formula is C21H29ClN4O3. The maximum atomic E-state index is 12.3. The number of oxazole rings is 1. The average Bonchev–Trinajstić information content (AvgIpc) is 3.18.